The minimum absolute atomic E-state index is 0.135. The smallest absolute Gasteiger partial charge is 0.292 e. The summed E-state index contributed by atoms with van der Waals surface area (Å²) in [5, 5.41) is 14.6. The molecular formula is C16H16Cl2N3O3+. The van der Waals surface area contributed by atoms with Crippen LogP contribution in [0.3, 0.4) is 0 Å². The van der Waals surface area contributed by atoms with Crippen molar-refractivity contribution in [3.05, 3.63) is 68.2 Å². The number of nitrogens with one attached hydrogen (secondary N) is 2. The monoisotopic (exact) mass is 368 g/mol. The van der Waals surface area contributed by atoms with Crippen LogP contribution < -0.4 is 10.2 Å². The maximum Gasteiger partial charge on any atom is 0.292 e. The van der Waals surface area contributed by atoms with Gasteiger partial charge in [0.05, 0.1) is 17.0 Å². The van der Waals surface area contributed by atoms with Crippen LogP contribution in [0, 0.1) is 10.1 Å². The summed E-state index contributed by atoms with van der Waals surface area (Å²) in [5.41, 5.74) is 0.922. The first kappa shape index (κ1) is 18.2. The standard InChI is InChI=1S/C16H15Cl2N3O3/c1-20(9-11-6-7-12(17)8-13(11)18)10-16(22)19-14-4-2-3-5-15(14)21(23)24/h2-8H,9-10H2,1H3,(H,19,22)/p+1. The number of hydrogen-bond acceptors (Lipinski definition) is 3. The van der Waals surface area contributed by atoms with E-state index in [1.807, 2.05) is 13.1 Å². The highest BCUT2D eigenvalue weighted by Crippen LogP contribution is 2.23. The Balaban J connectivity index is 1.98. The van der Waals surface area contributed by atoms with Crippen molar-refractivity contribution in [3.63, 3.8) is 0 Å². The number of anilines is 1. The Morgan fingerprint density at radius 2 is 1.96 bits per heavy atom. The molecule has 0 bridgehead atoms. The summed E-state index contributed by atoms with van der Waals surface area (Å²) in [5.74, 6) is -0.313. The fourth-order valence-corrected chi connectivity index (χ4v) is 2.74. The van der Waals surface area contributed by atoms with E-state index in [-0.39, 0.29) is 23.8 Å². The average Bonchev–Trinajstić information content (AvgIpc) is 2.50. The fourth-order valence-electron chi connectivity index (χ4n) is 2.26. The van der Waals surface area contributed by atoms with Crippen molar-refractivity contribution in [2.24, 2.45) is 0 Å². The molecule has 0 aliphatic rings. The molecule has 0 saturated heterocycles. The fraction of sp³-hybridized carbons (Fsp3) is 0.188. The lowest BCUT2D eigenvalue weighted by Crippen LogP contribution is -3.08. The largest absolute Gasteiger partial charge is 0.326 e. The van der Waals surface area contributed by atoms with Crippen LogP contribution in [0.1, 0.15) is 5.56 Å². The highest BCUT2D eigenvalue weighted by molar-refractivity contribution is 6.35. The third-order valence-electron chi connectivity index (χ3n) is 3.34. The SMILES string of the molecule is C[NH+](CC(=O)Nc1ccccc1[N+](=O)[O-])Cc1ccc(Cl)cc1Cl. The zero-order chi connectivity index (χ0) is 17.7. The first-order valence-corrected chi connectivity index (χ1v) is 7.91. The van der Waals surface area contributed by atoms with Gasteiger partial charge < -0.3 is 10.2 Å². The lowest BCUT2D eigenvalue weighted by Gasteiger charge is -2.15. The van der Waals surface area contributed by atoms with Gasteiger partial charge in [0.15, 0.2) is 6.54 Å². The number of amides is 1. The van der Waals surface area contributed by atoms with Crippen molar-refractivity contribution in [3.8, 4) is 0 Å². The first-order valence-electron chi connectivity index (χ1n) is 7.15. The van der Waals surface area contributed by atoms with E-state index in [9.17, 15) is 14.9 Å². The first-order chi connectivity index (χ1) is 11.4. The molecule has 0 fully saturated rings. The van der Waals surface area contributed by atoms with E-state index in [0.29, 0.717) is 16.6 Å². The van der Waals surface area contributed by atoms with Crippen molar-refractivity contribution in [2.45, 2.75) is 6.54 Å². The Labute approximate surface area is 149 Å². The summed E-state index contributed by atoms with van der Waals surface area (Å²) in [6.07, 6.45) is 0. The van der Waals surface area contributed by atoms with Crippen molar-refractivity contribution in [1.82, 2.24) is 0 Å². The number of quaternary nitrogens is 1. The van der Waals surface area contributed by atoms with Crippen LogP contribution >= 0.6 is 23.2 Å². The van der Waals surface area contributed by atoms with E-state index >= 15 is 0 Å². The van der Waals surface area contributed by atoms with Gasteiger partial charge in [-0.05, 0) is 18.2 Å². The van der Waals surface area contributed by atoms with Crippen molar-refractivity contribution in [1.29, 1.82) is 0 Å². The van der Waals surface area contributed by atoms with Crippen LogP contribution in [-0.4, -0.2) is 24.4 Å². The number of carbonyl (C=O) groups excluding carboxylic acids is 1. The second kappa shape index (κ2) is 8.10. The molecule has 126 valence electrons. The molecule has 24 heavy (non-hydrogen) atoms. The molecule has 0 heterocycles. The van der Waals surface area contributed by atoms with Crippen LogP contribution in [0.5, 0.6) is 0 Å². The second-order valence-electron chi connectivity index (χ2n) is 5.37. The van der Waals surface area contributed by atoms with E-state index in [4.69, 9.17) is 23.2 Å². The Morgan fingerprint density at radius 3 is 2.62 bits per heavy atom. The quantitative estimate of drug-likeness (QED) is 0.607. The Morgan fingerprint density at radius 1 is 1.25 bits per heavy atom. The van der Waals surface area contributed by atoms with Crippen LogP contribution in [-0.2, 0) is 11.3 Å². The summed E-state index contributed by atoms with van der Waals surface area (Å²) in [6, 6.07) is 11.2. The predicted molar refractivity (Wildman–Crippen MR) is 93.6 cm³/mol. The molecule has 0 aromatic heterocycles. The van der Waals surface area contributed by atoms with Gasteiger partial charge in [-0.2, -0.15) is 0 Å². The summed E-state index contributed by atoms with van der Waals surface area (Å²) < 4.78 is 0. The van der Waals surface area contributed by atoms with Gasteiger partial charge in [0.25, 0.3) is 11.6 Å². The Hall–Kier alpha value is -2.15. The lowest BCUT2D eigenvalue weighted by atomic mass is 10.2. The van der Waals surface area contributed by atoms with Crippen molar-refractivity contribution < 1.29 is 14.6 Å². The number of benzene rings is 2. The minimum Gasteiger partial charge on any atom is -0.326 e. The Bertz CT molecular complexity index is 768. The van der Waals surface area contributed by atoms with E-state index < -0.39 is 4.92 Å². The predicted octanol–water partition coefficient (Wildman–Crippen LogP) is 2.56. The maximum atomic E-state index is 12.1. The number of nitrogens with zero attached hydrogens (tertiary/aromatic N) is 1. The summed E-state index contributed by atoms with van der Waals surface area (Å²) in [4.78, 5) is 23.4. The molecule has 2 aromatic rings. The molecule has 1 unspecified atom stereocenters. The van der Waals surface area contributed by atoms with Gasteiger partial charge in [-0.3, -0.25) is 14.9 Å². The molecule has 0 radical (unpaired) electrons. The van der Waals surface area contributed by atoms with Crippen LogP contribution in [0.15, 0.2) is 42.5 Å². The van der Waals surface area contributed by atoms with Gasteiger partial charge >= 0.3 is 0 Å². The minimum atomic E-state index is -0.528. The van der Waals surface area contributed by atoms with Crippen molar-refractivity contribution >= 4 is 40.5 Å². The summed E-state index contributed by atoms with van der Waals surface area (Å²) >= 11 is 12.0. The molecule has 2 aromatic carbocycles. The van der Waals surface area contributed by atoms with Gasteiger partial charge in [0.1, 0.15) is 12.2 Å². The molecule has 0 saturated carbocycles. The van der Waals surface area contributed by atoms with Crippen LogP contribution in [0.4, 0.5) is 11.4 Å². The Kier molecular flexibility index (Phi) is 6.14. The molecule has 6 nitrogen and oxygen atoms in total. The number of nitro groups is 1. The number of carbonyl (C=O) groups is 1. The highest BCUT2D eigenvalue weighted by Gasteiger charge is 2.17. The van der Waals surface area contributed by atoms with Gasteiger partial charge in [-0.15, -0.1) is 0 Å². The lowest BCUT2D eigenvalue weighted by molar-refractivity contribution is -0.885. The molecule has 8 heteroatoms. The van der Waals surface area contributed by atoms with Gasteiger partial charge in [0.2, 0.25) is 0 Å². The number of halogens is 2. The number of nitro benzene ring substituents is 1. The van der Waals surface area contributed by atoms with E-state index in [2.05, 4.69) is 5.32 Å². The zero-order valence-corrected chi connectivity index (χ0v) is 14.4. The van der Waals surface area contributed by atoms with Gasteiger partial charge in [0, 0.05) is 16.7 Å². The second-order valence-corrected chi connectivity index (χ2v) is 6.21. The third-order valence-corrected chi connectivity index (χ3v) is 3.93. The molecule has 1 amide bonds. The molecule has 0 aliphatic carbocycles. The number of likely N-dealkylation sites (N-methyl/N-ethyl adjacent to an activating group) is 1. The summed E-state index contributed by atoms with van der Waals surface area (Å²) in [6.45, 7) is 0.672. The molecule has 2 N–H and O–H groups in total. The van der Waals surface area contributed by atoms with Crippen LogP contribution in [0.25, 0.3) is 0 Å². The van der Waals surface area contributed by atoms with Crippen molar-refractivity contribution in [2.75, 3.05) is 18.9 Å². The average molecular weight is 369 g/mol. The third kappa shape index (κ3) is 4.92. The highest BCUT2D eigenvalue weighted by atomic mass is 35.5. The normalized spacial score (nSPS) is 11.8. The number of para-hydroxylation sites is 2. The summed E-state index contributed by atoms with van der Waals surface area (Å²) in [7, 11) is 1.84. The van der Waals surface area contributed by atoms with Gasteiger partial charge in [-0.1, -0.05) is 41.4 Å². The van der Waals surface area contributed by atoms with E-state index in [0.717, 1.165) is 10.5 Å². The van der Waals surface area contributed by atoms with Crippen LogP contribution in [0.2, 0.25) is 10.0 Å². The van der Waals surface area contributed by atoms with E-state index in [1.165, 1.54) is 12.1 Å². The topological polar surface area (TPSA) is 76.7 Å². The van der Waals surface area contributed by atoms with E-state index in [1.54, 1.807) is 24.3 Å². The van der Waals surface area contributed by atoms with Gasteiger partial charge in [-0.25, -0.2) is 0 Å². The molecular weight excluding hydrogens is 353 g/mol. The molecule has 2 rings (SSSR count). The molecule has 0 spiro atoms. The molecule has 0 aliphatic heterocycles. The molecule has 1 atom stereocenters. The zero-order valence-electron chi connectivity index (χ0n) is 12.9. The number of hydrogen-bond donors (Lipinski definition) is 2. The maximum absolute atomic E-state index is 12.1. The number of rotatable bonds is 6.